The number of nitrogens with one attached hydrogen (secondary N) is 1. The van der Waals surface area contributed by atoms with Gasteiger partial charge in [0.15, 0.2) is 0 Å². The lowest BCUT2D eigenvalue weighted by Crippen LogP contribution is -2.24. The molecule has 0 saturated heterocycles. The number of carboxylic acid groups (broad SMARTS) is 2. The molecule has 1 rings (SSSR count). The Morgan fingerprint density at radius 1 is 1.19 bits per heavy atom. The summed E-state index contributed by atoms with van der Waals surface area (Å²) in [5.41, 5.74) is 2.58. The van der Waals surface area contributed by atoms with Crippen molar-refractivity contribution in [3.05, 3.63) is 40.4 Å². The molecule has 0 radical (unpaired) electrons. The van der Waals surface area contributed by atoms with Crippen molar-refractivity contribution in [1.82, 2.24) is 5.43 Å². The molecule has 9 heteroatoms. The van der Waals surface area contributed by atoms with Crippen LogP contribution in [0.3, 0.4) is 0 Å². The van der Waals surface area contributed by atoms with Crippen LogP contribution in [0.25, 0.3) is 0 Å². The van der Waals surface area contributed by atoms with E-state index in [0.717, 1.165) is 17.2 Å². The molecular weight excluding hydrogens is 339 g/mol. The molecule has 0 aliphatic rings. The molecule has 0 aromatic heterocycles. The fourth-order valence-corrected chi connectivity index (χ4v) is 2.12. The minimum atomic E-state index is -1.26. The summed E-state index contributed by atoms with van der Waals surface area (Å²) in [6.07, 6.45) is 1.12. The molecule has 0 unspecified atom stereocenters. The van der Waals surface area contributed by atoms with Crippen molar-refractivity contribution in [2.75, 3.05) is 12.3 Å². The molecule has 0 aliphatic heterocycles. The summed E-state index contributed by atoms with van der Waals surface area (Å²) in [6.45, 7) is 0.769. The van der Waals surface area contributed by atoms with E-state index in [2.05, 4.69) is 5.43 Å². The van der Waals surface area contributed by atoms with E-state index in [1.807, 2.05) is 12.1 Å². The van der Waals surface area contributed by atoms with Crippen molar-refractivity contribution in [3.63, 3.8) is 0 Å². The molecular formula is C12H14Cl2N2O4S. The van der Waals surface area contributed by atoms with Gasteiger partial charge in [-0.15, -0.1) is 11.8 Å². The largest absolute Gasteiger partial charge is 0.478 e. The van der Waals surface area contributed by atoms with Gasteiger partial charge < -0.3 is 10.2 Å². The van der Waals surface area contributed by atoms with Crippen LogP contribution < -0.4 is 11.3 Å². The Labute approximate surface area is 135 Å². The molecule has 6 nitrogen and oxygen atoms in total. The van der Waals surface area contributed by atoms with E-state index in [1.54, 1.807) is 17.8 Å². The maximum absolute atomic E-state index is 9.55. The highest BCUT2D eigenvalue weighted by Crippen LogP contribution is 2.27. The minimum Gasteiger partial charge on any atom is -0.478 e. The van der Waals surface area contributed by atoms with Crippen molar-refractivity contribution in [1.29, 1.82) is 0 Å². The molecule has 5 N–H and O–H groups in total. The first-order chi connectivity index (χ1) is 9.86. The topological polar surface area (TPSA) is 113 Å². The number of nitrogens with two attached hydrogens (primary N) is 1. The van der Waals surface area contributed by atoms with Gasteiger partial charge in [-0.2, -0.15) is 0 Å². The average molecular weight is 353 g/mol. The molecule has 0 atom stereocenters. The second-order valence-electron chi connectivity index (χ2n) is 3.39. The predicted octanol–water partition coefficient (Wildman–Crippen LogP) is 2.26. The Morgan fingerprint density at radius 3 is 2.19 bits per heavy atom. The fourth-order valence-electron chi connectivity index (χ4n) is 0.937. The van der Waals surface area contributed by atoms with Crippen LogP contribution in [0.15, 0.2) is 35.2 Å². The monoisotopic (exact) mass is 352 g/mol. The van der Waals surface area contributed by atoms with E-state index in [4.69, 9.17) is 39.3 Å². The minimum absolute atomic E-state index is 0.558. The second-order valence-corrected chi connectivity index (χ2v) is 5.37. The first-order valence-electron chi connectivity index (χ1n) is 5.52. The highest BCUT2D eigenvalue weighted by atomic mass is 35.5. The normalized spacial score (nSPS) is 10.0. The van der Waals surface area contributed by atoms with E-state index >= 15 is 0 Å². The highest BCUT2D eigenvalue weighted by molar-refractivity contribution is 7.99. The Kier molecular flexibility index (Phi) is 10.7. The van der Waals surface area contributed by atoms with Gasteiger partial charge in [0.05, 0.1) is 10.0 Å². The van der Waals surface area contributed by atoms with Gasteiger partial charge in [0, 0.05) is 29.3 Å². The van der Waals surface area contributed by atoms with Crippen LogP contribution in [-0.4, -0.2) is 34.4 Å². The highest BCUT2D eigenvalue weighted by Gasteiger charge is 1.99. The lowest BCUT2D eigenvalue weighted by molar-refractivity contribution is -0.134. The maximum Gasteiger partial charge on any atom is 0.328 e. The summed E-state index contributed by atoms with van der Waals surface area (Å²) < 4.78 is 0. The van der Waals surface area contributed by atoms with Gasteiger partial charge in [-0.1, -0.05) is 23.2 Å². The number of hydrogen-bond donors (Lipinski definition) is 4. The standard InChI is InChI=1S/C8H10Cl2N2S.C4H4O4/c9-7-2-1-6(5-8(7)10)13-4-3-12-11;5-3(6)1-2-4(7)8/h1-2,5,12H,3-4,11H2;1-2H,(H,5,6)(H,7,8)/b;2-1-. The Bertz CT molecular complexity index is 496. The van der Waals surface area contributed by atoms with E-state index in [1.165, 1.54) is 0 Å². The third-order valence-corrected chi connectivity index (χ3v) is 3.51. The zero-order valence-electron chi connectivity index (χ0n) is 10.8. The lowest BCUT2D eigenvalue weighted by Gasteiger charge is -2.02. The molecule has 116 valence electrons. The number of hydrazine groups is 1. The lowest BCUT2D eigenvalue weighted by atomic mass is 10.4. The van der Waals surface area contributed by atoms with Crippen LogP contribution in [0, 0.1) is 0 Å². The third-order valence-electron chi connectivity index (χ3n) is 1.77. The van der Waals surface area contributed by atoms with Crippen LogP contribution in [0.2, 0.25) is 10.0 Å². The van der Waals surface area contributed by atoms with Crippen LogP contribution in [0.1, 0.15) is 0 Å². The molecule has 21 heavy (non-hydrogen) atoms. The zero-order chi connectivity index (χ0) is 16.3. The number of halogens is 2. The molecule has 0 saturated carbocycles. The number of aliphatic carboxylic acids is 2. The number of hydrogen-bond acceptors (Lipinski definition) is 5. The molecule has 0 amide bonds. The molecule has 0 heterocycles. The third kappa shape index (κ3) is 11.1. The number of benzene rings is 1. The van der Waals surface area contributed by atoms with Crippen molar-refractivity contribution < 1.29 is 19.8 Å². The molecule has 0 aliphatic carbocycles. The summed E-state index contributed by atoms with van der Waals surface area (Å²) in [5.74, 6) is 3.53. The van der Waals surface area contributed by atoms with Crippen LogP contribution >= 0.6 is 35.0 Å². The molecule has 1 aromatic rings. The van der Waals surface area contributed by atoms with Crippen molar-refractivity contribution in [3.8, 4) is 0 Å². The number of rotatable bonds is 6. The molecule has 0 spiro atoms. The zero-order valence-corrected chi connectivity index (χ0v) is 13.1. The summed E-state index contributed by atoms with van der Waals surface area (Å²) in [5, 5.41) is 16.8. The van der Waals surface area contributed by atoms with Crippen molar-refractivity contribution >= 4 is 46.9 Å². The Balaban J connectivity index is 0.000000433. The van der Waals surface area contributed by atoms with E-state index in [0.29, 0.717) is 22.2 Å². The number of thioether (sulfide) groups is 1. The van der Waals surface area contributed by atoms with Gasteiger partial charge in [-0.05, 0) is 18.2 Å². The summed E-state index contributed by atoms with van der Waals surface area (Å²) in [7, 11) is 0. The average Bonchev–Trinajstić information content (AvgIpc) is 2.41. The molecule has 0 bridgehead atoms. The Hall–Kier alpha value is -1.25. The van der Waals surface area contributed by atoms with Crippen molar-refractivity contribution in [2.45, 2.75) is 4.90 Å². The van der Waals surface area contributed by atoms with Crippen LogP contribution in [0.4, 0.5) is 0 Å². The van der Waals surface area contributed by atoms with Gasteiger partial charge >= 0.3 is 11.9 Å². The van der Waals surface area contributed by atoms with Gasteiger partial charge in [0.1, 0.15) is 0 Å². The van der Waals surface area contributed by atoms with Gasteiger partial charge in [-0.3, -0.25) is 11.3 Å². The first kappa shape index (κ1) is 19.8. The predicted molar refractivity (Wildman–Crippen MR) is 83.8 cm³/mol. The molecule has 1 aromatic carbocycles. The summed E-state index contributed by atoms with van der Waals surface area (Å²) in [4.78, 5) is 20.2. The Morgan fingerprint density at radius 2 is 1.76 bits per heavy atom. The van der Waals surface area contributed by atoms with E-state index in [9.17, 15) is 9.59 Å². The number of carboxylic acids is 2. The van der Waals surface area contributed by atoms with Crippen LogP contribution in [0.5, 0.6) is 0 Å². The van der Waals surface area contributed by atoms with E-state index in [-0.39, 0.29) is 0 Å². The van der Waals surface area contributed by atoms with Gasteiger partial charge in [0.2, 0.25) is 0 Å². The second kappa shape index (κ2) is 11.4. The molecule has 0 fully saturated rings. The van der Waals surface area contributed by atoms with E-state index < -0.39 is 11.9 Å². The smallest absolute Gasteiger partial charge is 0.328 e. The SMILES string of the molecule is NNCCSc1ccc(Cl)c(Cl)c1.O=C(O)/C=C\C(=O)O. The maximum atomic E-state index is 9.55. The van der Waals surface area contributed by atoms with Crippen LogP contribution in [-0.2, 0) is 9.59 Å². The van der Waals surface area contributed by atoms with Gasteiger partial charge in [-0.25, -0.2) is 9.59 Å². The quantitative estimate of drug-likeness (QED) is 0.204. The fraction of sp³-hybridized carbons (Fsp3) is 0.167. The van der Waals surface area contributed by atoms with Gasteiger partial charge in [0.25, 0.3) is 0 Å². The first-order valence-corrected chi connectivity index (χ1v) is 7.26. The number of carbonyl (C=O) groups is 2. The summed E-state index contributed by atoms with van der Waals surface area (Å²) >= 11 is 13.3. The van der Waals surface area contributed by atoms with Crippen molar-refractivity contribution in [2.24, 2.45) is 5.84 Å². The summed E-state index contributed by atoms with van der Waals surface area (Å²) in [6, 6.07) is 5.59.